The SMILES string of the molecule is CN1C(=O)[C@](C)(CC2CCC(n3c(=O)c(C(=N)N)c(O)n(CC4CCC4)c3=O)CC2)N(CC2[C@H]3CS(=O)(=O)C[C@@H]23)C1O. The van der Waals surface area contributed by atoms with Crippen molar-refractivity contribution in [3.63, 3.8) is 0 Å². The Kier molecular flexibility index (Phi) is 7.12. The number of nitrogens with one attached hydrogen (secondary N) is 1. The van der Waals surface area contributed by atoms with Gasteiger partial charge in [0.2, 0.25) is 11.8 Å². The minimum Gasteiger partial charge on any atom is -0.494 e. The van der Waals surface area contributed by atoms with Crippen LogP contribution in [-0.4, -0.2) is 86.3 Å². The second kappa shape index (κ2) is 10.2. The fourth-order valence-corrected chi connectivity index (χ4v) is 10.5. The predicted molar refractivity (Wildman–Crippen MR) is 154 cm³/mol. The molecule has 2 unspecified atom stereocenters. The zero-order chi connectivity index (χ0) is 30.3. The lowest BCUT2D eigenvalue weighted by Crippen LogP contribution is -2.51. The minimum atomic E-state index is -2.99. The number of aliphatic hydroxyl groups excluding tert-OH is 1. The molecule has 5 aliphatic rings. The van der Waals surface area contributed by atoms with Crippen LogP contribution in [0.3, 0.4) is 0 Å². The number of carbonyl (C=O) groups is 1. The van der Waals surface area contributed by atoms with E-state index in [9.17, 15) is 33.0 Å². The number of nitrogens with zero attached hydrogens (tertiary/aromatic N) is 4. The Morgan fingerprint density at radius 2 is 1.64 bits per heavy atom. The Balaban J connectivity index is 1.18. The molecule has 0 radical (unpaired) electrons. The average molecular weight is 607 g/mol. The summed E-state index contributed by atoms with van der Waals surface area (Å²) in [5.74, 6) is -0.241. The normalized spacial score (nSPS) is 36.2. The summed E-state index contributed by atoms with van der Waals surface area (Å²) < 4.78 is 26.2. The molecular formula is C28H42N6O7S. The molecule has 232 valence electrons. The van der Waals surface area contributed by atoms with Crippen LogP contribution in [0.15, 0.2) is 9.59 Å². The van der Waals surface area contributed by atoms with E-state index in [0.29, 0.717) is 38.6 Å². The van der Waals surface area contributed by atoms with Crippen molar-refractivity contribution in [1.29, 1.82) is 5.41 Å². The summed E-state index contributed by atoms with van der Waals surface area (Å²) in [4.78, 5) is 43.4. The van der Waals surface area contributed by atoms with Crippen molar-refractivity contribution < 1.29 is 23.4 Å². The Labute approximate surface area is 244 Å². The van der Waals surface area contributed by atoms with Crippen molar-refractivity contribution >= 4 is 21.6 Å². The van der Waals surface area contributed by atoms with Crippen LogP contribution in [0.1, 0.15) is 69.9 Å². The molecule has 2 aliphatic heterocycles. The molecule has 0 bridgehead atoms. The fraction of sp³-hybridized carbons (Fsp3) is 0.786. The van der Waals surface area contributed by atoms with Crippen LogP contribution in [-0.2, 0) is 21.2 Å². The molecule has 14 heteroatoms. The first-order valence-corrected chi connectivity index (χ1v) is 16.9. The van der Waals surface area contributed by atoms with Crippen molar-refractivity contribution in [2.24, 2.45) is 35.3 Å². The number of amidine groups is 1. The number of aliphatic hydroxyl groups is 1. The van der Waals surface area contributed by atoms with E-state index in [-0.39, 0.29) is 59.1 Å². The number of fused-ring (bicyclic) bond motifs is 1. The standard InChI is InChI=1S/C28H42N6O7S/c1-28(25(37)31(2)26(38)33(28)12-18-19-13-42(40,41)14-20(18)19)10-15-6-8-17(9-7-15)34-24(36)21(22(29)30)23(35)32(27(34)39)11-16-4-3-5-16/h15-20,26,35,38H,3-14H2,1-2H3,(H3,29,30)/t15?,17?,18?,19-,20+,26?,28-/m0/s1. The molecule has 6 rings (SSSR count). The number of amides is 1. The Bertz CT molecular complexity index is 1510. The number of nitrogen functional groups attached to an aromatic ring is 1. The number of rotatable bonds is 8. The zero-order valence-corrected chi connectivity index (χ0v) is 25.1. The number of nitrogens with two attached hydrogens (primary N) is 1. The van der Waals surface area contributed by atoms with Gasteiger partial charge in [-0.05, 0) is 81.5 Å². The van der Waals surface area contributed by atoms with E-state index in [1.807, 2.05) is 11.8 Å². The van der Waals surface area contributed by atoms with Gasteiger partial charge in [-0.3, -0.25) is 24.1 Å². The molecule has 2 saturated heterocycles. The molecule has 3 saturated carbocycles. The van der Waals surface area contributed by atoms with E-state index >= 15 is 0 Å². The maximum Gasteiger partial charge on any atom is 0.334 e. The van der Waals surface area contributed by atoms with Gasteiger partial charge in [0, 0.05) is 26.2 Å². The van der Waals surface area contributed by atoms with Crippen LogP contribution in [0.5, 0.6) is 5.88 Å². The van der Waals surface area contributed by atoms with E-state index in [0.717, 1.165) is 23.8 Å². The number of sulfone groups is 1. The molecule has 1 aromatic rings. The van der Waals surface area contributed by atoms with Crippen molar-refractivity contribution in [3.05, 3.63) is 26.4 Å². The molecule has 0 aromatic carbocycles. The summed E-state index contributed by atoms with van der Waals surface area (Å²) in [6.45, 7) is 2.60. The molecule has 42 heavy (non-hydrogen) atoms. The molecule has 3 aliphatic carbocycles. The lowest BCUT2D eigenvalue weighted by molar-refractivity contribution is -0.134. The maximum atomic E-state index is 13.5. The van der Waals surface area contributed by atoms with E-state index in [4.69, 9.17) is 11.1 Å². The number of aromatic nitrogens is 2. The van der Waals surface area contributed by atoms with Crippen LogP contribution in [0.2, 0.25) is 0 Å². The summed E-state index contributed by atoms with van der Waals surface area (Å²) in [5.41, 5.74) is 3.05. The van der Waals surface area contributed by atoms with Gasteiger partial charge < -0.3 is 20.8 Å². The van der Waals surface area contributed by atoms with E-state index < -0.39 is 50.7 Å². The summed E-state index contributed by atoms with van der Waals surface area (Å²) in [5, 5.41) is 29.6. The van der Waals surface area contributed by atoms with Gasteiger partial charge in [0.1, 0.15) is 16.9 Å². The van der Waals surface area contributed by atoms with E-state index in [1.165, 1.54) is 9.47 Å². The minimum absolute atomic E-state index is 0.0970. The first-order chi connectivity index (χ1) is 19.7. The molecule has 3 heterocycles. The van der Waals surface area contributed by atoms with Gasteiger partial charge in [0.15, 0.2) is 16.2 Å². The van der Waals surface area contributed by atoms with Crippen molar-refractivity contribution in [1.82, 2.24) is 18.9 Å². The monoisotopic (exact) mass is 606 g/mol. The topological polar surface area (TPSA) is 192 Å². The van der Waals surface area contributed by atoms with Crippen molar-refractivity contribution in [2.45, 2.75) is 82.8 Å². The van der Waals surface area contributed by atoms with E-state index in [2.05, 4.69) is 0 Å². The summed E-state index contributed by atoms with van der Waals surface area (Å²) in [6.07, 6.45) is 4.67. The smallest absolute Gasteiger partial charge is 0.334 e. The van der Waals surface area contributed by atoms with Crippen molar-refractivity contribution in [2.75, 3.05) is 25.1 Å². The molecule has 1 amide bonds. The highest BCUT2D eigenvalue weighted by Crippen LogP contribution is 2.54. The lowest BCUT2D eigenvalue weighted by Gasteiger charge is -2.38. The quantitative estimate of drug-likeness (QED) is 0.233. The van der Waals surface area contributed by atoms with Gasteiger partial charge in [-0.1, -0.05) is 6.42 Å². The van der Waals surface area contributed by atoms with Gasteiger partial charge in [0.25, 0.3) is 5.56 Å². The summed E-state index contributed by atoms with van der Waals surface area (Å²) >= 11 is 0. The van der Waals surface area contributed by atoms with Gasteiger partial charge >= 0.3 is 5.69 Å². The number of hydrogen-bond acceptors (Lipinski definition) is 9. The highest BCUT2D eigenvalue weighted by molar-refractivity contribution is 7.91. The zero-order valence-electron chi connectivity index (χ0n) is 24.2. The van der Waals surface area contributed by atoms with E-state index in [1.54, 1.807) is 7.05 Å². The molecule has 5 atom stereocenters. The number of aromatic hydroxyl groups is 1. The highest BCUT2D eigenvalue weighted by atomic mass is 32.2. The maximum absolute atomic E-state index is 13.5. The molecular weight excluding hydrogens is 564 g/mol. The summed E-state index contributed by atoms with van der Waals surface area (Å²) in [6, 6.07) is -0.420. The Hall–Kier alpha value is -2.71. The van der Waals surface area contributed by atoms with Gasteiger partial charge in [-0.2, -0.15) is 0 Å². The number of hydrogen-bond donors (Lipinski definition) is 4. The van der Waals surface area contributed by atoms with Crippen LogP contribution >= 0.6 is 0 Å². The largest absolute Gasteiger partial charge is 0.494 e. The second-order valence-electron chi connectivity index (χ2n) is 13.6. The molecule has 1 aromatic heterocycles. The van der Waals surface area contributed by atoms with Crippen LogP contribution in [0.25, 0.3) is 0 Å². The summed E-state index contributed by atoms with van der Waals surface area (Å²) in [7, 11) is -1.41. The van der Waals surface area contributed by atoms with Gasteiger partial charge in [0.05, 0.1) is 11.5 Å². The Morgan fingerprint density at radius 1 is 1.02 bits per heavy atom. The first kappa shape index (κ1) is 29.4. The predicted octanol–water partition coefficient (Wildman–Crippen LogP) is 0.0204. The second-order valence-corrected chi connectivity index (χ2v) is 15.8. The molecule has 0 spiro atoms. The Morgan fingerprint density at radius 3 is 2.19 bits per heavy atom. The number of likely N-dealkylation sites (N-methyl/N-ethyl adjacent to an activating group) is 1. The molecule has 5 N–H and O–H groups in total. The van der Waals surface area contributed by atoms with Crippen LogP contribution < -0.4 is 17.0 Å². The third kappa shape index (κ3) is 4.69. The van der Waals surface area contributed by atoms with Crippen LogP contribution in [0.4, 0.5) is 0 Å². The third-order valence-electron chi connectivity index (χ3n) is 11.0. The third-order valence-corrected chi connectivity index (χ3v) is 12.8. The fourth-order valence-electron chi connectivity index (χ4n) is 8.23. The molecule has 13 nitrogen and oxygen atoms in total. The van der Waals surface area contributed by atoms with Gasteiger partial charge in [-0.25, -0.2) is 18.1 Å². The van der Waals surface area contributed by atoms with Crippen molar-refractivity contribution in [3.8, 4) is 5.88 Å². The highest BCUT2D eigenvalue weighted by Gasteiger charge is 2.62. The lowest BCUT2D eigenvalue weighted by atomic mass is 9.77. The average Bonchev–Trinajstić information content (AvgIpc) is 3.32. The van der Waals surface area contributed by atoms with Gasteiger partial charge in [-0.15, -0.1) is 0 Å². The molecule has 5 fully saturated rings. The number of carbonyl (C=O) groups excluding carboxylic acids is 1. The van der Waals surface area contributed by atoms with Crippen LogP contribution in [0, 0.1) is 35.0 Å². The first-order valence-electron chi connectivity index (χ1n) is 15.1.